The van der Waals surface area contributed by atoms with Gasteiger partial charge < -0.3 is 62.1 Å². The van der Waals surface area contributed by atoms with Crippen molar-refractivity contribution >= 4 is 54.2 Å². The lowest BCUT2D eigenvalue weighted by Gasteiger charge is -2.33. The minimum Gasteiger partial charge on any atom is -0.768 e. The first-order chi connectivity index (χ1) is 35.6. The number of carboxylic acids is 1. The second-order valence-electron chi connectivity index (χ2n) is 18.9. The van der Waals surface area contributed by atoms with Crippen LogP contribution in [0, 0.1) is 5.41 Å². The average molecular weight is 1120 g/mol. The van der Waals surface area contributed by atoms with Gasteiger partial charge in [0.1, 0.15) is 11.9 Å². The Morgan fingerprint density at radius 3 is 1.91 bits per heavy atom. The van der Waals surface area contributed by atoms with E-state index in [9.17, 15) is 39.5 Å². The van der Waals surface area contributed by atoms with Gasteiger partial charge in [-0.1, -0.05) is 26.8 Å². The van der Waals surface area contributed by atoms with Crippen molar-refractivity contribution in [3.05, 3.63) is 77.5 Å². The Bertz CT molecular complexity index is 2430. The Hall–Kier alpha value is -3.86. The number of nitrogens with zero attached hydrogens (tertiary/aromatic N) is 2. The molecule has 75 heavy (non-hydrogen) atoms. The molecule has 2 aliphatic rings. The normalized spacial score (nSPS) is 17.8. The van der Waals surface area contributed by atoms with Gasteiger partial charge in [-0.05, 0) is 102 Å². The molecular formula is C51H77N2O19S3-. The minimum absolute atomic E-state index is 0.0636. The van der Waals surface area contributed by atoms with E-state index in [4.69, 9.17) is 47.7 Å². The number of methoxy groups -OCH3 is 1. The third-order valence-corrected chi connectivity index (χ3v) is 14.4. The number of anilines is 2. The van der Waals surface area contributed by atoms with Crippen molar-refractivity contribution in [2.75, 3.05) is 147 Å². The second kappa shape index (κ2) is 32.1. The van der Waals surface area contributed by atoms with E-state index in [0.717, 1.165) is 22.5 Å². The van der Waals surface area contributed by atoms with Crippen molar-refractivity contribution in [2.24, 2.45) is 5.41 Å². The Kier molecular flexibility index (Phi) is 27.3. The Labute approximate surface area is 445 Å². The fraction of sp³-hybridized carbons (Fsp3) is 0.627. The Morgan fingerprint density at radius 2 is 1.35 bits per heavy atom. The number of benzene rings is 2. The summed E-state index contributed by atoms with van der Waals surface area (Å²) in [7, 11) is -6.89. The third-order valence-electron chi connectivity index (χ3n) is 12.1. The molecule has 0 spiro atoms. The van der Waals surface area contributed by atoms with Gasteiger partial charge in [0.2, 0.25) is 0 Å². The van der Waals surface area contributed by atoms with Gasteiger partial charge in [-0.3, -0.25) is 18.1 Å². The van der Waals surface area contributed by atoms with Crippen molar-refractivity contribution in [1.29, 1.82) is 0 Å². The van der Waals surface area contributed by atoms with Crippen LogP contribution >= 0.6 is 0 Å². The standard InChI is InChI=1S/C51H78N2O19S3/c1-50(2,3)44-38-41(72-47-37-40(11-13-43(44)47)52(17-8-36-75(61,62)63)18-21-66-26-29-70-32-31-68-24-23-64-5)9-6-10-48-51(4,16-7-35-74(58,59)60)45-39-42(73(56)57)12-14-46(45)53(48)19-22-67-27-30-71-34-33-69-28-25-65-20-15-49(54)55/h6,9-14,37-39,41H,7-8,15-36H2,1-5H3,(H,54,55)(H,56,57)(H,58,59,60)(H,61,62,63)/p-1/b9-6+,48-10+. The number of aliphatic carboxylic acids is 1. The highest BCUT2D eigenvalue weighted by Gasteiger charge is 2.43. The van der Waals surface area contributed by atoms with Gasteiger partial charge in [-0.25, -0.2) is 0 Å². The molecule has 0 amide bonds. The maximum Gasteiger partial charge on any atom is 0.305 e. The van der Waals surface area contributed by atoms with Crippen LogP contribution in [0.5, 0.6) is 5.75 Å². The first-order valence-electron chi connectivity index (χ1n) is 25.0. The van der Waals surface area contributed by atoms with Crippen molar-refractivity contribution in [1.82, 2.24) is 0 Å². The minimum atomic E-state index is -4.30. The van der Waals surface area contributed by atoms with Gasteiger partial charge >= 0.3 is 5.97 Å². The number of rotatable bonds is 39. The van der Waals surface area contributed by atoms with Crippen molar-refractivity contribution < 1.29 is 87.2 Å². The lowest BCUT2D eigenvalue weighted by Crippen LogP contribution is -2.31. The van der Waals surface area contributed by atoms with Gasteiger partial charge in [0.25, 0.3) is 20.2 Å². The number of carbonyl (C=O) groups is 1. The van der Waals surface area contributed by atoms with E-state index in [0.29, 0.717) is 103 Å². The van der Waals surface area contributed by atoms with Crippen molar-refractivity contribution in [2.45, 2.75) is 69.8 Å². The molecule has 0 aliphatic carbocycles. The molecule has 2 aliphatic heterocycles. The molecule has 21 nitrogen and oxygen atoms in total. The van der Waals surface area contributed by atoms with E-state index in [-0.39, 0.29) is 69.0 Å². The van der Waals surface area contributed by atoms with Crippen LogP contribution in [0.1, 0.15) is 64.5 Å². The molecule has 0 saturated heterocycles. The van der Waals surface area contributed by atoms with Crippen molar-refractivity contribution in [3.63, 3.8) is 0 Å². The Morgan fingerprint density at radius 1 is 0.787 bits per heavy atom. The molecule has 3 N–H and O–H groups in total. The van der Waals surface area contributed by atoms with Crippen LogP contribution in [-0.2, 0) is 79.4 Å². The average Bonchev–Trinajstić information content (AvgIpc) is 3.56. The van der Waals surface area contributed by atoms with Crippen LogP contribution < -0.4 is 14.5 Å². The quantitative estimate of drug-likeness (QED) is 0.0434. The molecule has 3 unspecified atom stereocenters. The van der Waals surface area contributed by atoms with E-state index in [1.54, 1.807) is 19.2 Å². The molecule has 24 heteroatoms. The highest BCUT2D eigenvalue weighted by Crippen LogP contribution is 2.51. The molecule has 424 valence electrons. The number of carboxylic acid groups (broad SMARTS) is 1. The number of hydrogen-bond acceptors (Lipinski definition) is 18. The first kappa shape index (κ1) is 63.7. The monoisotopic (exact) mass is 1120 g/mol. The van der Waals surface area contributed by atoms with Gasteiger partial charge in [0.05, 0.1) is 117 Å². The zero-order valence-electron chi connectivity index (χ0n) is 43.8. The molecule has 0 radical (unpaired) electrons. The smallest absolute Gasteiger partial charge is 0.305 e. The fourth-order valence-corrected chi connectivity index (χ4v) is 9.85. The molecular weight excluding hydrogens is 1040 g/mol. The van der Waals surface area contributed by atoms with E-state index < -0.39 is 60.3 Å². The van der Waals surface area contributed by atoms with Crippen LogP contribution in [0.3, 0.4) is 0 Å². The number of ether oxygens (including phenoxy) is 9. The molecule has 2 aromatic carbocycles. The van der Waals surface area contributed by atoms with E-state index in [2.05, 4.69) is 20.8 Å². The molecule has 2 aromatic rings. The van der Waals surface area contributed by atoms with E-state index >= 15 is 0 Å². The molecule has 3 atom stereocenters. The summed E-state index contributed by atoms with van der Waals surface area (Å²) in [5.74, 6) is -1.24. The topological polar surface area (TPSA) is 276 Å². The molecule has 0 saturated carbocycles. The zero-order chi connectivity index (χ0) is 54.9. The van der Waals surface area contributed by atoms with E-state index in [1.165, 1.54) is 6.07 Å². The van der Waals surface area contributed by atoms with Crippen LogP contribution in [0.4, 0.5) is 11.4 Å². The molecule has 0 bridgehead atoms. The maximum absolute atomic E-state index is 12.3. The summed E-state index contributed by atoms with van der Waals surface area (Å²) in [4.78, 5) is 14.7. The van der Waals surface area contributed by atoms with Gasteiger partial charge in [-0.2, -0.15) is 16.8 Å². The number of hydrogen-bond donors (Lipinski definition) is 3. The van der Waals surface area contributed by atoms with Crippen molar-refractivity contribution in [3.8, 4) is 5.75 Å². The van der Waals surface area contributed by atoms with Gasteiger partial charge in [-0.15, -0.1) is 0 Å². The molecule has 2 heterocycles. The molecule has 0 fully saturated rings. The predicted molar refractivity (Wildman–Crippen MR) is 283 cm³/mol. The summed E-state index contributed by atoms with van der Waals surface area (Å²) in [5, 5.41) is 8.69. The first-order valence-corrected chi connectivity index (χ1v) is 29.3. The van der Waals surface area contributed by atoms with Crippen LogP contribution in [-0.4, -0.2) is 189 Å². The SMILES string of the molecule is COCCOCCOCCOCCN(CCCS(=O)(=O)O)c1ccc2c(c1)OC(/C=C/C=C1/N(CCOCCOCCOCCOCCC(=O)O)c3ccc(S(=O)[O-])cc3C1(C)CCCS(=O)(=O)O)C=C2C(C)(C)C. The summed E-state index contributed by atoms with van der Waals surface area (Å²) in [5.41, 5.74) is 3.55. The highest BCUT2D eigenvalue weighted by molar-refractivity contribution is 7.86. The van der Waals surface area contributed by atoms with Gasteiger partial charge in [0.15, 0.2) is 0 Å². The molecule has 0 aromatic heterocycles. The lowest BCUT2D eigenvalue weighted by molar-refractivity contribution is -0.138. The summed E-state index contributed by atoms with van der Waals surface area (Å²) >= 11 is -2.56. The zero-order valence-corrected chi connectivity index (χ0v) is 46.3. The van der Waals surface area contributed by atoms with Crippen LogP contribution in [0.25, 0.3) is 5.57 Å². The predicted octanol–water partition coefficient (Wildman–Crippen LogP) is 5.32. The largest absolute Gasteiger partial charge is 0.768 e. The second-order valence-corrected chi connectivity index (χ2v) is 23.0. The summed E-state index contributed by atoms with van der Waals surface area (Å²) in [6.45, 7) is 14.2. The van der Waals surface area contributed by atoms with Crippen LogP contribution in [0.2, 0.25) is 0 Å². The summed E-state index contributed by atoms with van der Waals surface area (Å²) < 4.78 is 142. The summed E-state index contributed by atoms with van der Waals surface area (Å²) in [6.07, 6.45) is 7.54. The van der Waals surface area contributed by atoms with Gasteiger partial charge in [0, 0.05) is 65.8 Å². The Balaban J connectivity index is 1.54. The fourth-order valence-electron chi connectivity index (χ4n) is 8.46. The highest BCUT2D eigenvalue weighted by atomic mass is 32.2. The maximum atomic E-state index is 12.3. The summed E-state index contributed by atoms with van der Waals surface area (Å²) in [6, 6.07) is 10.7. The lowest BCUT2D eigenvalue weighted by atomic mass is 9.77. The molecule has 4 rings (SSSR count). The number of fused-ring (bicyclic) bond motifs is 2. The number of allylic oxidation sites excluding steroid dienone is 4. The van der Waals surface area contributed by atoms with Crippen LogP contribution in [0.15, 0.2) is 71.3 Å². The van der Waals surface area contributed by atoms with E-state index in [1.807, 2.05) is 59.2 Å². The third kappa shape index (κ3) is 22.9.